The summed E-state index contributed by atoms with van der Waals surface area (Å²) in [5, 5.41) is 18.9. The van der Waals surface area contributed by atoms with Gasteiger partial charge in [0.2, 0.25) is 0 Å². The number of ketones is 1. The number of hydrogen-bond donors (Lipinski definition) is 1. The fourth-order valence-corrected chi connectivity index (χ4v) is 3.03. The Morgan fingerprint density at radius 3 is 2.67 bits per heavy atom. The second-order valence-electron chi connectivity index (χ2n) is 6.64. The number of ether oxygens (including phenoxy) is 1. The van der Waals surface area contributed by atoms with E-state index in [0.717, 1.165) is 5.56 Å². The fourth-order valence-electron chi connectivity index (χ4n) is 3.03. The van der Waals surface area contributed by atoms with Gasteiger partial charge in [0.15, 0.2) is 12.4 Å². The molecule has 3 aromatic rings. The summed E-state index contributed by atoms with van der Waals surface area (Å²) in [7, 11) is 0. The lowest BCUT2D eigenvalue weighted by Gasteiger charge is -2.12. The number of carbonyl (C=O) groups is 1. The van der Waals surface area contributed by atoms with E-state index in [9.17, 15) is 14.7 Å². The zero-order valence-electron chi connectivity index (χ0n) is 16.4. The topological polar surface area (TPSA) is 92.3 Å². The molecule has 1 N–H and O–H groups in total. The van der Waals surface area contributed by atoms with Gasteiger partial charge in [0, 0.05) is 11.8 Å². The summed E-state index contributed by atoms with van der Waals surface area (Å²) in [6.07, 6.45) is 2.77. The van der Waals surface area contributed by atoms with Crippen molar-refractivity contribution in [3.05, 3.63) is 99.5 Å². The summed E-state index contributed by atoms with van der Waals surface area (Å²) < 4.78 is 6.70. The van der Waals surface area contributed by atoms with Crippen molar-refractivity contribution in [2.75, 3.05) is 6.61 Å². The molecule has 1 aromatic heterocycles. The molecule has 0 amide bonds. The molecule has 2 aromatic carbocycles. The molecule has 6 nitrogen and oxygen atoms in total. The molecular formula is C24H20N2O4. The molecular weight excluding hydrogens is 380 g/mol. The molecule has 30 heavy (non-hydrogen) atoms. The van der Waals surface area contributed by atoms with Crippen molar-refractivity contribution in [2.45, 2.75) is 13.5 Å². The minimum absolute atomic E-state index is 0.0791. The third kappa shape index (κ3) is 4.83. The first-order chi connectivity index (χ1) is 14.5. The Bertz CT molecular complexity index is 1190. The van der Waals surface area contributed by atoms with E-state index in [4.69, 9.17) is 10.00 Å². The maximum absolute atomic E-state index is 12.9. The molecule has 0 fully saturated rings. The van der Waals surface area contributed by atoms with Crippen molar-refractivity contribution < 1.29 is 14.6 Å². The number of nitrogens with zero attached hydrogens (tertiary/aromatic N) is 2. The van der Waals surface area contributed by atoms with Crippen LogP contribution in [-0.2, 0) is 6.54 Å². The largest absolute Gasteiger partial charge is 0.507 e. The zero-order valence-corrected chi connectivity index (χ0v) is 16.4. The van der Waals surface area contributed by atoms with Crippen molar-refractivity contribution in [1.29, 1.82) is 5.26 Å². The number of aryl methyl sites for hydroxylation is 1. The van der Waals surface area contributed by atoms with E-state index in [1.165, 1.54) is 22.8 Å². The lowest BCUT2D eigenvalue weighted by atomic mass is 10.1. The molecule has 0 radical (unpaired) electrons. The summed E-state index contributed by atoms with van der Waals surface area (Å²) in [6, 6.07) is 19.6. The van der Waals surface area contributed by atoms with Crippen molar-refractivity contribution in [1.82, 2.24) is 4.57 Å². The van der Waals surface area contributed by atoms with Crippen molar-refractivity contribution in [3.8, 4) is 17.6 Å². The second kappa shape index (κ2) is 9.39. The van der Waals surface area contributed by atoms with Gasteiger partial charge in [-0.3, -0.25) is 9.59 Å². The maximum atomic E-state index is 12.9. The van der Waals surface area contributed by atoms with Crippen LogP contribution in [0, 0.1) is 18.3 Å². The van der Waals surface area contributed by atoms with Crippen LogP contribution in [0.2, 0.25) is 0 Å². The van der Waals surface area contributed by atoms with Crippen molar-refractivity contribution in [3.63, 3.8) is 0 Å². The molecule has 0 saturated carbocycles. The number of rotatable bonds is 7. The van der Waals surface area contributed by atoms with Crippen molar-refractivity contribution >= 4 is 11.9 Å². The van der Waals surface area contributed by atoms with E-state index in [0.29, 0.717) is 23.6 Å². The molecule has 0 saturated heterocycles. The lowest BCUT2D eigenvalue weighted by Crippen LogP contribution is -2.28. The van der Waals surface area contributed by atoms with Crippen LogP contribution in [0.5, 0.6) is 11.5 Å². The van der Waals surface area contributed by atoms with E-state index in [-0.39, 0.29) is 17.9 Å². The van der Waals surface area contributed by atoms with Gasteiger partial charge in [-0.25, -0.2) is 0 Å². The Morgan fingerprint density at radius 2 is 1.93 bits per heavy atom. The number of aromatic hydroxyl groups is 1. The van der Waals surface area contributed by atoms with Crippen LogP contribution in [0.1, 0.15) is 27.2 Å². The maximum Gasteiger partial charge on any atom is 0.266 e. The van der Waals surface area contributed by atoms with E-state index >= 15 is 0 Å². The number of carbonyl (C=O) groups excluding carboxylic acids is 1. The van der Waals surface area contributed by atoms with E-state index in [2.05, 4.69) is 0 Å². The van der Waals surface area contributed by atoms with Crippen LogP contribution >= 0.6 is 0 Å². The summed E-state index contributed by atoms with van der Waals surface area (Å²) in [5.41, 5.74) is 1.32. The average molecular weight is 400 g/mol. The van der Waals surface area contributed by atoms with E-state index in [1.807, 2.05) is 36.4 Å². The van der Waals surface area contributed by atoms with E-state index < -0.39 is 11.3 Å². The SMILES string of the molecule is Cc1cc(O)c(C(=O)C=Cc2cccc(OCC#N)c2)c(=O)n1Cc1ccccc1. The Labute approximate surface area is 173 Å². The molecule has 150 valence electrons. The quantitative estimate of drug-likeness (QED) is 0.482. The van der Waals surface area contributed by atoms with E-state index in [1.54, 1.807) is 31.2 Å². The number of aromatic nitrogens is 1. The first kappa shape index (κ1) is 20.6. The van der Waals surface area contributed by atoms with Crippen LogP contribution in [0.25, 0.3) is 6.08 Å². The second-order valence-corrected chi connectivity index (χ2v) is 6.64. The average Bonchev–Trinajstić information content (AvgIpc) is 2.74. The Morgan fingerprint density at radius 1 is 1.17 bits per heavy atom. The highest BCUT2D eigenvalue weighted by atomic mass is 16.5. The van der Waals surface area contributed by atoms with Crippen LogP contribution in [0.4, 0.5) is 0 Å². The van der Waals surface area contributed by atoms with Crippen molar-refractivity contribution in [2.24, 2.45) is 0 Å². The van der Waals surface area contributed by atoms with Gasteiger partial charge in [0.05, 0.1) is 6.54 Å². The zero-order chi connectivity index (χ0) is 21.5. The lowest BCUT2D eigenvalue weighted by molar-refractivity contribution is 0.104. The molecule has 0 aliphatic heterocycles. The third-order valence-corrected chi connectivity index (χ3v) is 4.51. The molecule has 6 heteroatoms. The Hall–Kier alpha value is -4.11. The first-order valence-electron chi connectivity index (χ1n) is 9.29. The highest BCUT2D eigenvalue weighted by molar-refractivity contribution is 6.08. The van der Waals surface area contributed by atoms with Gasteiger partial charge in [-0.15, -0.1) is 0 Å². The minimum atomic E-state index is -0.595. The van der Waals surface area contributed by atoms with Crippen LogP contribution in [0.15, 0.2) is 71.5 Å². The Kier molecular flexibility index (Phi) is 6.46. The van der Waals surface area contributed by atoms with Gasteiger partial charge in [0.1, 0.15) is 23.1 Å². The molecule has 0 bridgehead atoms. The predicted molar refractivity (Wildman–Crippen MR) is 114 cm³/mol. The Balaban J connectivity index is 1.89. The highest BCUT2D eigenvalue weighted by Gasteiger charge is 2.18. The van der Waals surface area contributed by atoms with Gasteiger partial charge in [-0.1, -0.05) is 48.5 Å². The van der Waals surface area contributed by atoms with Crippen LogP contribution in [-0.4, -0.2) is 22.1 Å². The van der Waals surface area contributed by atoms with Gasteiger partial charge >= 0.3 is 0 Å². The van der Waals surface area contributed by atoms with Crippen LogP contribution in [0.3, 0.4) is 0 Å². The molecule has 1 heterocycles. The first-order valence-corrected chi connectivity index (χ1v) is 9.29. The summed E-state index contributed by atoms with van der Waals surface area (Å²) >= 11 is 0. The molecule has 0 atom stereocenters. The van der Waals surface area contributed by atoms with Gasteiger partial charge in [-0.2, -0.15) is 5.26 Å². The number of benzene rings is 2. The molecule has 3 rings (SSSR count). The fraction of sp³-hybridized carbons (Fsp3) is 0.125. The molecule has 0 aliphatic carbocycles. The molecule has 0 spiro atoms. The van der Waals surface area contributed by atoms with Gasteiger partial charge in [0.25, 0.3) is 5.56 Å². The molecule has 0 unspecified atom stereocenters. The monoisotopic (exact) mass is 400 g/mol. The smallest absolute Gasteiger partial charge is 0.266 e. The summed E-state index contributed by atoms with van der Waals surface area (Å²) in [6.45, 7) is 1.93. The normalized spacial score (nSPS) is 10.7. The minimum Gasteiger partial charge on any atom is -0.507 e. The number of nitriles is 1. The summed E-state index contributed by atoms with van der Waals surface area (Å²) in [4.78, 5) is 25.6. The number of hydrogen-bond acceptors (Lipinski definition) is 5. The highest BCUT2D eigenvalue weighted by Crippen LogP contribution is 2.18. The predicted octanol–water partition coefficient (Wildman–Crippen LogP) is 3.71. The molecule has 0 aliphatic rings. The summed E-state index contributed by atoms with van der Waals surface area (Å²) in [5.74, 6) is -0.445. The van der Waals surface area contributed by atoms with Gasteiger partial charge in [-0.05, 0) is 36.3 Å². The third-order valence-electron chi connectivity index (χ3n) is 4.51. The standard InChI is InChI=1S/C24H20N2O4/c1-17-14-22(28)23(24(29)26(17)16-19-6-3-2-4-7-19)21(27)11-10-18-8-5-9-20(15-18)30-13-12-25/h2-11,14-15,28H,13,16H2,1H3. The van der Waals surface area contributed by atoms with Gasteiger partial charge < -0.3 is 14.4 Å². The number of allylic oxidation sites excluding steroid dienone is 1. The number of pyridine rings is 1. The van der Waals surface area contributed by atoms with Crippen LogP contribution < -0.4 is 10.3 Å².